The lowest BCUT2D eigenvalue weighted by Crippen LogP contribution is -2.44. The van der Waals surface area contributed by atoms with Crippen LogP contribution in [0.15, 0.2) is 0 Å². The van der Waals surface area contributed by atoms with Crippen molar-refractivity contribution < 1.29 is 14.6 Å². The SMILES string of the molecule is CCCOCC(=O)NC1CCCCCC1O. The molecule has 4 heteroatoms. The minimum atomic E-state index is -0.391. The van der Waals surface area contributed by atoms with Gasteiger partial charge in [-0.3, -0.25) is 4.79 Å². The van der Waals surface area contributed by atoms with Gasteiger partial charge >= 0.3 is 0 Å². The molecule has 0 spiro atoms. The third-order valence-corrected chi connectivity index (χ3v) is 2.91. The summed E-state index contributed by atoms with van der Waals surface area (Å²) < 4.78 is 5.16. The first-order chi connectivity index (χ1) is 7.74. The monoisotopic (exact) mass is 229 g/mol. The molecular formula is C12H23NO3. The maximum Gasteiger partial charge on any atom is 0.246 e. The van der Waals surface area contributed by atoms with Gasteiger partial charge in [0.15, 0.2) is 0 Å². The van der Waals surface area contributed by atoms with Gasteiger partial charge in [-0.15, -0.1) is 0 Å². The van der Waals surface area contributed by atoms with E-state index in [-0.39, 0.29) is 18.6 Å². The summed E-state index contributed by atoms with van der Waals surface area (Å²) in [6.07, 6.45) is 5.48. The summed E-state index contributed by atoms with van der Waals surface area (Å²) in [5, 5.41) is 12.7. The fourth-order valence-electron chi connectivity index (χ4n) is 2.01. The zero-order valence-corrected chi connectivity index (χ0v) is 10.1. The molecule has 0 bridgehead atoms. The van der Waals surface area contributed by atoms with Gasteiger partial charge in [0, 0.05) is 6.61 Å². The molecule has 0 heterocycles. The highest BCUT2D eigenvalue weighted by Gasteiger charge is 2.22. The van der Waals surface area contributed by atoms with Crippen LogP contribution in [0.1, 0.15) is 45.4 Å². The van der Waals surface area contributed by atoms with Gasteiger partial charge in [-0.25, -0.2) is 0 Å². The van der Waals surface area contributed by atoms with Crippen molar-refractivity contribution >= 4 is 5.91 Å². The number of nitrogens with one attached hydrogen (secondary N) is 1. The maximum absolute atomic E-state index is 11.5. The van der Waals surface area contributed by atoms with Gasteiger partial charge in [0.2, 0.25) is 5.91 Å². The molecule has 1 aliphatic carbocycles. The molecular weight excluding hydrogens is 206 g/mol. The summed E-state index contributed by atoms with van der Waals surface area (Å²) >= 11 is 0. The number of ether oxygens (including phenoxy) is 1. The van der Waals surface area contributed by atoms with E-state index in [1.165, 1.54) is 0 Å². The molecule has 1 saturated carbocycles. The molecule has 0 aliphatic heterocycles. The average Bonchev–Trinajstić information content (AvgIpc) is 2.45. The Morgan fingerprint density at radius 3 is 2.88 bits per heavy atom. The predicted octanol–water partition coefficient (Wildman–Crippen LogP) is 1.22. The van der Waals surface area contributed by atoms with E-state index >= 15 is 0 Å². The number of hydrogen-bond acceptors (Lipinski definition) is 3. The van der Waals surface area contributed by atoms with Crippen molar-refractivity contribution in [1.82, 2.24) is 5.32 Å². The standard InChI is InChI=1S/C12H23NO3/c1-2-8-16-9-12(15)13-10-6-4-3-5-7-11(10)14/h10-11,14H,2-9H2,1H3,(H,13,15). The van der Waals surface area contributed by atoms with E-state index in [1.807, 2.05) is 6.92 Å². The highest BCUT2D eigenvalue weighted by Crippen LogP contribution is 2.17. The molecule has 1 amide bonds. The van der Waals surface area contributed by atoms with Gasteiger partial charge in [0.25, 0.3) is 0 Å². The van der Waals surface area contributed by atoms with E-state index in [1.54, 1.807) is 0 Å². The molecule has 0 saturated heterocycles. The van der Waals surface area contributed by atoms with Crippen LogP contribution < -0.4 is 5.32 Å². The van der Waals surface area contributed by atoms with Gasteiger partial charge in [-0.2, -0.15) is 0 Å². The number of hydrogen-bond donors (Lipinski definition) is 2. The van der Waals surface area contributed by atoms with Crippen molar-refractivity contribution in [3.05, 3.63) is 0 Å². The third-order valence-electron chi connectivity index (χ3n) is 2.91. The van der Waals surface area contributed by atoms with Gasteiger partial charge in [-0.05, 0) is 19.3 Å². The number of aliphatic hydroxyl groups is 1. The highest BCUT2D eigenvalue weighted by atomic mass is 16.5. The first-order valence-corrected chi connectivity index (χ1v) is 6.29. The van der Waals surface area contributed by atoms with Crippen molar-refractivity contribution in [3.8, 4) is 0 Å². The Labute approximate surface area is 97.4 Å². The molecule has 0 radical (unpaired) electrons. The Kier molecular flexibility index (Phi) is 6.42. The topological polar surface area (TPSA) is 58.6 Å². The largest absolute Gasteiger partial charge is 0.391 e. The number of aliphatic hydroxyl groups excluding tert-OH is 1. The number of carbonyl (C=O) groups excluding carboxylic acids is 1. The van der Waals surface area contributed by atoms with E-state index in [4.69, 9.17) is 4.74 Å². The molecule has 1 fully saturated rings. The summed E-state index contributed by atoms with van der Waals surface area (Å²) in [4.78, 5) is 11.5. The molecule has 0 aromatic heterocycles. The number of amides is 1. The Balaban J connectivity index is 2.25. The van der Waals surface area contributed by atoms with Crippen LogP contribution in [0.3, 0.4) is 0 Å². The summed E-state index contributed by atoms with van der Waals surface area (Å²) in [6.45, 7) is 2.73. The number of carbonyl (C=O) groups is 1. The molecule has 2 N–H and O–H groups in total. The van der Waals surface area contributed by atoms with Crippen LogP contribution in [0.4, 0.5) is 0 Å². The molecule has 1 aliphatic rings. The van der Waals surface area contributed by atoms with Crippen LogP contribution in [0.5, 0.6) is 0 Å². The van der Waals surface area contributed by atoms with Crippen molar-refractivity contribution in [1.29, 1.82) is 0 Å². The smallest absolute Gasteiger partial charge is 0.246 e. The minimum absolute atomic E-state index is 0.0831. The van der Waals surface area contributed by atoms with Crippen LogP contribution in [0.2, 0.25) is 0 Å². The summed E-state index contributed by atoms with van der Waals surface area (Å²) in [6, 6.07) is -0.0831. The number of rotatable bonds is 5. The highest BCUT2D eigenvalue weighted by molar-refractivity contribution is 5.77. The van der Waals surface area contributed by atoms with E-state index in [0.29, 0.717) is 6.61 Å². The second-order valence-electron chi connectivity index (χ2n) is 4.43. The van der Waals surface area contributed by atoms with E-state index in [9.17, 15) is 9.90 Å². The van der Waals surface area contributed by atoms with Crippen molar-refractivity contribution in [2.45, 2.75) is 57.6 Å². The average molecular weight is 229 g/mol. The Morgan fingerprint density at radius 1 is 1.38 bits per heavy atom. The Bertz CT molecular complexity index is 208. The zero-order valence-electron chi connectivity index (χ0n) is 10.1. The third kappa shape index (κ3) is 4.94. The Hall–Kier alpha value is -0.610. The molecule has 0 aromatic rings. The minimum Gasteiger partial charge on any atom is -0.391 e. The molecule has 94 valence electrons. The van der Waals surface area contributed by atoms with Crippen LogP contribution in [0.25, 0.3) is 0 Å². The van der Waals surface area contributed by atoms with E-state index in [0.717, 1.165) is 38.5 Å². The molecule has 1 rings (SSSR count). The van der Waals surface area contributed by atoms with Crippen LogP contribution in [-0.4, -0.2) is 36.4 Å². The first-order valence-electron chi connectivity index (χ1n) is 6.29. The molecule has 2 atom stereocenters. The first kappa shape index (κ1) is 13.5. The summed E-state index contributed by atoms with van der Waals surface area (Å²) in [7, 11) is 0. The van der Waals surface area contributed by atoms with Gasteiger partial charge in [0.1, 0.15) is 6.61 Å². The van der Waals surface area contributed by atoms with Crippen LogP contribution in [0, 0.1) is 0 Å². The van der Waals surface area contributed by atoms with Crippen molar-refractivity contribution in [2.24, 2.45) is 0 Å². The second kappa shape index (κ2) is 7.63. The van der Waals surface area contributed by atoms with Gasteiger partial charge < -0.3 is 15.2 Å². The van der Waals surface area contributed by atoms with E-state index < -0.39 is 6.10 Å². The zero-order chi connectivity index (χ0) is 11.8. The normalized spacial score (nSPS) is 26.1. The fraction of sp³-hybridized carbons (Fsp3) is 0.917. The van der Waals surface area contributed by atoms with E-state index in [2.05, 4.69) is 5.32 Å². The molecule has 16 heavy (non-hydrogen) atoms. The summed E-state index contributed by atoms with van der Waals surface area (Å²) in [5.74, 6) is -0.112. The molecule has 4 nitrogen and oxygen atoms in total. The quantitative estimate of drug-likeness (QED) is 0.550. The van der Waals surface area contributed by atoms with Gasteiger partial charge in [0.05, 0.1) is 12.1 Å². The van der Waals surface area contributed by atoms with Gasteiger partial charge in [-0.1, -0.05) is 26.2 Å². The lowest BCUT2D eigenvalue weighted by atomic mass is 10.1. The molecule has 0 aromatic carbocycles. The van der Waals surface area contributed by atoms with Crippen LogP contribution in [-0.2, 0) is 9.53 Å². The Morgan fingerprint density at radius 2 is 2.12 bits per heavy atom. The lowest BCUT2D eigenvalue weighted by Gasteiger charge is -2.21. The fourth-order valence-corrected chi connectivity index (χ4v) is 2.01. The van der Waals surface area contributed by atoms with Crippen LogP contribution >= 0.6 is 0 Å². The maximum atomic E-state index is 11.5. The predicted molar refractivity (Wildman–Crippen MR) is 62.1 cm³/mol. The lowest BCUT2D eigenvalue weighted by molar-refractivity contribution is -0.127. The second-order valence-corrected chi connectivity index (χ2v) is 4.43. The summed E-state index contributed by atoms with van der Waals surface area (Å²) in [5.41, 5.74) is 0. The van der Waals surface area contributed by atoms with Crippen molar-refractivity contribution in [2.75, 3.05) is 13.2 Å². The van der Waals surface area contributed by atoms with Crippen molar-refractivity contribution in [3.63, 3.8) is 0 Å². The molecule has 2 unspecified atom stereocenters.